The van der Waals surface area contributed by atoms with Gasteiger partial charge in [0.2, 0.25) is 5.91 Å². The molecule has 3 rings (SSSR count). The van der Waals surface area contributed by atoms with Gasteiger partial charge >= 0.3 is 6.18 Å². The third kappa shape index (κ3) is 6.38. The summed E-state index contributed by atoms with van der Waals surface area (Å²) in [5, 5.41) is 2.57. The molecule has 29 heavy (non-hydrogen) atoms. The number of hydrogen-bond donors (Lipinski definition) is 1. The number of morpholine rings is 1. The topological polar surface area (TPSA) is 44.8 Å². The van der Waals surface area contributed by atoms with E-state index in [0.717, 1.165) is 57.6 Å². The van der Waals surface area contributed by atoms with Crippen LogP contribution >= 0.6 is 0 Å². The van der Waals surface area contributed by atoms with E-state index < -0.39 is 17.6 Å². The van der Waals surface area contributed by atoms with Gasteiger partial charge in [-0.1, -0.05) is 12.5 Å². The number of halogens is 4. The molecule has 1 aromatic rings. The fourth-order valence-corrected chi connectivity index (χ4v) is 3.96. The van der Waals surface area contributed by atoms with Gasteiger partial charge in [-0.3, -0.25) is 14.6 Å². The Balaban J connectivity index is 1.55. The van der Waals surface area contributed by atoms with E-state index in [1.807, 2.05) is 0 Å². The second kappa shape index (κ2) is 9.86. The van der Waals surface area contributed by atoms with E-state index >= 15 is 0 Å². The molecule has 5 nitrogen and oxygen atoms in total. The van der Waals surface area contributed by atoms with Gasteiger partial charge in [0, 0.05) is 32.2 Å². The first-order valence-corrected chi connectivity index (χ1v) is 9.99. The Morgan fingerprint density at radius 1 is 1.17 bits per heavy atom. The van der Waals surface area contributed by atoms with E-state index in [9.17, 15) is 22.4 Å². The van der Waals surface area contributed by atoms with Crippen LogP contribution in [0.4, 0.5) is 17.6 Å². The smallest absolute Gasteiger partial charge is 0.379 e. The van der Waals surface area contributed by atoms with E-state index in [2.05, 4.69) is 15.1 Å². The number of ether oxygens (including phenoxy) is 1. The van der Waals surface area contributed by atoms with Gasteiger partial charge in [0.05, 0.1) is 25.3 Å². The van der Waals surface area contributed by atoms with E-state index in [1.165, 1.54) is 0 Å². The van der Waals surface area contributed by atoms with E-state index in [0.29, 0.717) is 19.3 Å². The Morgan fingerprint density at radius 3 is 2.66 bits per heavy atom. The third-order valence-corrected chi connectivity index (χ3v) is 5.52. The number of carbonyl (C=O) groups excluding carboxylic acids is 1. The SMILES string of the molecule is O=C(CN1CCCCC1CN1CCOCC1)NCc1ccc(F)cc1C(F)(F)F. The lowest BCUT2D eigenvalue weighted by molar-refractivity contribution is -0.138. The van der Waals surface area contributed by atoms with Crippen molar-refractivity contribution in [2.24, 2.45) is 0 Å². The largest absolute Gasteiger partial charge is 0.416 e. The van der Waals surface area contributed by atoms with Crippen LogP contribution in [-0.4, -0.2) is 67.7 Å². The van der Waals surface area contributed by atoms with Crippen LogP contribution in [0.3, 0.4) is 0 Å². The van der Waals surface area contributed by atoms with Gasteiger partial charge in [0.15, 0.2) is 0 Å². The van der Waals surface area contributed by atoms with E-state index in [1.54, 1.807) is 0 Å². The summed E-state index contributed by atoms with van der Waals surface area (Å²) in [4.78, 5) is 16.9. The van der Waals surface area contributed by atoms with Crippen LogP contribution in [0.1, 0.15) is 30.4 Å². The van der Waals surface area contributed by atoms with Crippen molar-refractivity contribution < 1.29 is 27.1 Å². The monoisotopic (exact) mass is 417 g/mol. The molecule has 162 valence electrons. The number of carbonyl (C=O) groups is 1. The first-order chi connectivity index (χ1) is 13.8. The van der Waals surface area contributed by atoms with Crippen molar-refractivity contribution in [1.82, 2.24) is 15.1 Å². The van der Waals surface area contributed by atoms with Gasteiger partial charge in [-0.2, -0.15) is 13.2 Å². The van der Waals surface area contributed by atoms with Crippen molar-refractivity contribution in [3.8, 4) is 0 Å². The Morgan fingerprint density at radius 2 is 1.93 bits per heavy atom. The summed E-state index contributed by atoms with van der Waals surface area (Å²) in [5.74, 6) is -1.28. The van der Waals surface area contributed by atoms with Crippen molar-refractivity contribution in [2.75, 3.05) is 45.9 Å². The zero-order valence-electron chi connectivity index (χ0n) is 16.3. The maximum atomic E-state index is 13.2. The van der Waals surface area contributed by atoms with Gasteiger partial charge in [0.1, 0.15) is 5.82 Å². The van der Waals surface area contributed by atoms with Crippen molar-refractivity contribution in [3.05, 3.63) is 35.1 Å². The number of piperidine rings is 1. The first-order valence-electron chi connectivity index (χ1n) is 9.99. The molecular formula is C20H27F4N3O2. The van der Waals surface area contributed by atoms with Crippen molar-refractivity contribution >= 4 is 5.91 Å². The third-order valence-electron chi connectivity index (χ3n) is 5.52. The highest BCUT2D eigenvalue weighted by Gasteiger charge is 2.34. The number of nitrogens with one attached hydrogen (secondary N) is 1. The molecule has 0 spiro atoms. The van der Waals surface area contributed by atoms with Crippen LogP contribution < -0.4 is 5.32 Å². The lowest BCUT2D eigenvalue weighted by atomic mass is 10.0. The molecule has 0 bridgehead atoms. The molecule has 2 fully saturated rings. The molecule has 2 aliphatic heterocycles. The zero-order chi connectivity index (χ0) is 20.9. The Kier molecular flexibility index (Phi) is 7.48. The highest BCUT2D eigenvalue weighted by Crippen LogP contribution is 2.32. The predicted molar refractivity (Wildman–Crippen MR) is 99.7 cm³/mol. The number of benzene rings is 1. The molecule has 0 aromatic heterocycles. The highest BCUT2D eigenvalue weighted by atomic mass is 19.4. The molecule has 0 saturated carbocycles. The summed E-state index contributed by atoms with van der Waals surface area (Å²) in [6.45, 7) is 4.72. The fraction of sp³-hybridized carbons (Fsp3) is 0.650. The quantitative estimate of drug-likeness (QED) is 0.723. The van der Waals surface area contributed by atoms with E-state index in [-0.39, 0.29) is 30.6 Å². The normalized spacial score (nSPS) is 21.9. The van der Waals surface area contributed by atoms with Gasteiger partial charge in [-0.25, -0.2) is 4.39 Å². The molecule has 0 aliphatic carbocycles. The molecule has 1 unspecified atom stereocenters. The maximum Gasteiger partial charge on any atom is 0.416 e. The lowest BCUT2D eigenvalue weighted by Crippen LogP contribution is -2.51. The second-order valence-electron chi connectivity index (χ2n) is 7.61. The predicted octanol–water partition coefficient (Wildman–Crippen LogP) is 2.65. The fourth-order valence-electron chi connectivity index (χ4n) is 3.96. The molecule has 1 N–H and O–H groups in total. The summed E-state index contributed by atoms with van der Waals surface area (Å²) in [6.07, 6.45) is -1.56. The lowest BCUT2D eigenvalue weighted by Gasteiger charge is -2.39. The summed E-state index contributed by atoms with van der Waals surface area (Å²) >= 11 is 0. The number of likely N-dealkylation sites (tertiary alicyclic amines) is 1. The van der Waals surface area contributed by atoms with Crippen molar-refractivity contribution in [3.63, 3.8) is 0 Å². The molecule has 2 saturated heterocycles. The van der Waals surface area contributed by atoms with Gasteiger partial charge in [-0.05, 0) is 37.1 Å². The first kappa shape index (κ1) is 22.0. The van der Waals surface area contributed by atoms with Crippen LogP contribution in [0.25, 0.3) is 0 Å². The van der Waals surface area contributed by atoms with Crippen LogP contribution in [0.5, 0.6) is 0 Å². The summed E-state index contributed by atoms with van der Waals surface area (Å²) in [7, 11) is 0. The minimum atomic E-state index is -4.67. The minimum absolute atomic E-state index is 0.143. The Bertz CT molecular complexity index is 693. The van der Waals surface area contributed by atoms with Crippen LogP contribution in [-0.2, 0) is 22.3 Å². The van der Waals surface area contributed by atoms with Gasteiger partial charge in [0.25, 0.3) is 0 Å². The minimum Gasteiger partial charge on any atom is -0.379 e. The second-order valence-corrected chi connectivity index (χ2v) is 7.61. The van der Waals surface area contributed by atoms with Gasteiger partial charge < -0.3 is 10.1 Å². The van der Waals surface area contributed by atoms with E-state index in [4.69, 9.17) is 4.74 Å². The zero-order valence-corrected chi connectivity index (χ0v) is 16.3. The molecule has 1 atom stereocenters. The molecule has 1 aromatic carbocycles. The average molecular weight is 417 g/mol. The number of amides is 1. The summed E-state index contributed by atoms with van der Waals surface area (Å²) in [6, 6.07) is 2.76. The number of rotatable bonds is 6. The molecule has 0 radical (unpaired) electrons. The molecule has 2 heterocycles. The number of hydrogen-bond acceptors (Lipinski definition) is 4. The van der Waals surface area contributed by atoms with Crippen molar-refractivity contribution in [1.29, 1.82) is 0 Å². The number of nitrogens with zero attached hydrogens (tertiary/aromatic N) is 2. The maximum absolute atomic E-state index is 13.2. The Labute approximate surface area is 168 Å². The van der Waals surface area contributed by atoms with Crippen LogP contribution in [0.2, 0.25) is 0 Å². The highest BCUT2D eigenvalue weighted by molar-refractivity contribution is 5.78. The average Bonchev–Trinajstić information content (AvgIpc) is 2.68. The molecular weight excluding hydrogens is 390 g/mol. The summed E-state index contributed by atoms with van der Waals surface area (Å²) < 4.78 is 57.9. The molecule has 9 heteroatoms. The summed E-state index contributed by atoms with van der Waals surface area (Å²) in [5.41, 5.74) is -1.20. The van der Waals surface area contributed by atoms with Crippen molar-refractivity contribution in [2.45, 2.75) is 38.0 Å². The van der Waals surface area contributed by atoms with Crippen LogP contribution in [0, 0.1) is 5.82 Å². The molecule has 2 aliphatic rings. The van der Waals surface area contributed by atoms with Crippen LogP contribution in [0.15, 0.2) is 18.2 Å². The standard InChI is InChI=1S/C20H27F4N3O2/c21-16-5-4-15(18(11-16)20(22,23)24)12-25-19(28)14-27-6-2-1-3-17(27)13-26-7-9-29-10-8-26/h4-5,11,17H,1-3,6-10,12-14H2,(H,25,28). The molecule has 1 amide bonds. The van der Waals surface area contributed by atoms with Gasteiger partial charge in [-0.15, -0.1) is 0 Å². The number of alkyl halides is 3. The Hall–Kier alpha value is -1.71.